The minimum absolute atomic E-state index is 0.223. The highest BCUT2D eigenvalue weighted by Gasteiger charge is 2.16. The number of nitrogens with one attached hydrogen (secondary N) is 2. The van der Waals surface area contributed by atoms with Crippen molar-refractivity contribution in [3.63, 3.8) is 0 Å². The second-order valence-corrected chi connectivity index (χ2v) is 8.35. The largest absolute Gasteiger partial charge is 0.486 e. The molecule has 9 heteroatoms. The molecule has 0 radical (unpaired) electrons. The lowest BCUT2D eigenvalue weighted by molar-refractivity contribution is 0.302. The van der Waals surface area contributed by atoms with Crippen LogP contribution >= 0.6 is 22.9 Å². The zero-order chi connectivity index (χ0) is 22.0. The first kappa shape index (κ1) is 20.8. The fourth-order valence-corrected chi connectivity index (χ4v) is 4.19. The summed E-state index contributed by atoms with van der Waals surface area (Å²) in [5, 5.41) is 14.1. The number of aromatic nitrogens is 3. The van der Waals surface area contributed by atoms with Crippen molar-refractivity contribution in [3.05, 3.63) is 79.8 Å². The molecular formula is C22H18ClN5O2S. The third-order valence-corrected chi connectivity index (χ3v) is 6.02. The maximum absolute atomic E-state index is 12.7. The number of thiazole rings is 1. The van der Waals surface area contributed by atoms with Crippen molar-refractivity contribution in [3.8, 4) is 11.8 Å². The molecule has 2 N–H and O–H groups in total. The van der Waals surface area contributed by atoms with Crippen LogP contribution in [0.25, 0.3) is 10.9 Å². The Morgan fingerprint density at radius 2 is 2.19 bits per heavy atom. The van der Waals surface area contributed by atoms with Gasteiger partial charge in [0.05, 0.1) is 28.0 Å². The van der Waals surface area contributed by atoms with Crippen LogP contribution in [0.3, 0.4) is 0 Å². The van der Waals surface area contributed by atoms with Crippen molar-refractivity contribution >= 4 is 39.0 Å². The molecule has 4 rings (SSSR count). The molecule has 0 saturated carbocycles. The predicted molar refractivity (Wildman–Crippen MR) is 122 cm³/mol. The molecule has 0 aliphatic carbocycles. The van der Waals surface area contributed by atoms with Crippen LogP contribution in [0.2, 0.25) is 5.02 Å². The lowest BCUT2D eigenvalue weighted by Crippen LogP contribution is -2.19. The summed E-state index contributed by atoms with van der Waals surface area (Å²) in [6, 6.07) is 12.7. The summed E-state index contributed by atoms with van der Waals surface area (Å²) in [6.45, 7) is 3.92. The van der Waals surface area contributed by atoms with Gasteiger partial charge in [-0.05, 0) is 38.1 Å². The van der Waals surface area contributed by atoms with Gasteiger partial charge in [-0.3, -0.25) is 9.78 Å². The van der Waals surface area contributed by atoms with E-state index in [1.165, 1.54) is 11.3 Å². The van der Waals surface area contributed by atoms with Gasteiger partial charge >= 0.3 is 0 Å². The van der Waals surface area contributed by atoms with Crippen LogP contribution in [0.5, 0.6) is 5.75 Å². The maximum Gasteiger partial charge on any atom is 0.253 e. The van der Waals surface area contributed by atoms with Crippen molar-refractivity contribution in [2.24, 2.45) is 0 Å². The van der Waals surface area contributed by atoms with Crippen LogP contribution < -0.4 is 15.6 Å². The summed E-state index contributed by atoms with van der Waals surface area (Å²) >= 11 is 7.68. The Labute approximate surface area is 187 Å². The quantitative estimate of drug-likeness (QED) is 0.429. The maximum atomic E-state index is 12.7. The molecule has 1 unspecified atom stereocenters. The van der Waals surface area contributed by atoms with Gasteiger partial charge in [-0.25, -0.2) is 4.98 Å². The fraction of sp³-hybridized carbons (Fsp3) is 0.182. The van der Waals surface area contributed by atoms with E-state index < -0.39 is 0 Å². The Morgan fingerprint density at radius 3 is 2.90 bits per heavy atom. The molecule has 0 aliphatic heterocycles. The Balaban J connectivity index is 1.59. The van der Waals surface area contributed by atoms with Crippen LogP contribution in [0.4, 0.5) is 5.13 Å². The molecule has 31 heavy (non-hydrogen) atoms. The zero-order valence-electron chi connectivity index (χ0n) is 16.8. The number of benzene rings is 1. The first-order chi connectivity index (χ1) is 14.9. The van der Waals surface area contributed by atoms with E-state index in [1.807, 2.05) is 25.1 Å². The SMILES string of the molecule is Cc1nc(NC(C)c2cc3cc(Cl)c(OCc4ccccn4)cc3[nH]c2=O)sc1C#N. The summed E-state index contributed by atoms with van der Waals surface area (Å²) in [4.78, 5) is 24.7. The van der Waals surface area contributed by atoms with E-state index in [0.29, 0.717) is 37.6 Å². The average Bonchev–Trinajstić information content (AvgIpc) is 3.11. The summed E-state index contributed by atoms with van der Waals surface area (Å²) in [5.41, 5.74) is 2.38. The number of nitriles is 1. The molecule has 0 saturated heterocycles. The number of anilines is 1. The molecule has 4 aromatic rings. The normalized spacial score (nSPS) is 11.8. The van der Waals surface area contributed by atoms with Crippen molar-refractivity contribution < 1.29 is 4.74 Å². The number of rotatable bonds is 6. The number of fused-ring (bicyclic) bond motifs is 1. The number of nitrogens with zero attached hydrogens (tertiary/aromatic N) is 3. The van der Waals surface area contributed by atoms with Crippen LogP contribution in [0, 0.1) is 18.3 Å². The number of aromatic amines is 1. The van der Waals surface area contributed by atoms with Crippen molar-refractivity contribution in [2.45, 2.75) is 26.5 Å². The molecule has 156 valence electrons. The van der Waals surface area contributed by atoms with Gasteiger partial charge in [0.1, 0.15) is 23.3 Å². The molecule has 1 aromatic carbocycles. The topological polar surface area (TPSA) is 104 Å². The highest BCUT2D eigenvalue weighted by molar-refractivity contribution is 7.16. The summed E-state index contributed by atoms with van der Waals surface area (Å²) in [7, 11) is 0. The van der Waals surface area contributed by atoms with E-state index in [0.717, 1.165) is 11.1 Å². The van der Waals surface area contributed by atoms with Crippen LogP contribution in [-0.4, -0.2) is 15.0 Å². The van der Waals surface area contributed by atoms with Gasteiger partial charge in [0, 0.05) is 23.2 Å². The van der Waals surface area contributed by atoms with Gasteiger partial charge in [0.25, 0.3) is 5.56 Å². The number of H-pyrrole nitrogens is 1. The van der Waals surface area contributed by atoms with Crippen molar-refractivity contribution in [1.29, 1.82) is 5.26 Å². The first-order valence-electron chi connectivity index (χ1n) is 9.48. The number of aryl methyl sites for hydroxylation is 1. The van der Waals surface area contributed by atoms with Gasteiger partial charge in [-0.15, -0.1) is 0 Å². The van der Waals surface area contributed by atoms with E-state index in [4.69, 9.17) is 21.6 Å². The predicted octanol–water partition coefficient (Wildman–Crippen LogP) is 4.97. The summed E-state index contributed by atoms with van der Waals surface area (Å²) < 4.78 is 5.79. The van der Waals surface area contributed by atoms with Gasteiger partial charge < -0.3 is 15.0 Å². The Kier molecular flexibility index (Phi) is 5.89. The zero-order valence-corrected chi connectivity index (χ0v) is 18.3. The van der Waals surface area contributed by atoms with E-state index in [-0.39, 0.29) is 18.2 Å². The lowest BCUT2D eigenvalue weighted by Gasteiger charge is -2.14. The van der Waals surface area contributed by atoms with Crippen molar-refractivity contribution in [2.75, 3.05) is 5.32 Å². The number of ether oxygens (including phenoxy) is 1. The fourth-order valence-electron chi connectivity index (χ4n) is 3.12. The van der Waals surface area contributed by atoms with E-state index >= 15 is 0 Å². The molecule has 3 aromatic heterocycles. The molecule has 0 aliphatic rings. The Hall–Kier alpha value is -3.41. The van der Waals surface area contributed by atoms with Gasteiger partial charge in [-0.2, -0.15) is 5.26 Å². The number of halogens is 1. The smallest absolute Gasteiger partial charge is 0.253 e. The van der Waals surface area contributed by atoms with Crippen molar-refractivity contribution in [1.82, 2.24) is 15.0 Å². The van der Waals surface area contributed by atoms with E-state index in [1.54, 1.807) is 31.3 Å². The average molecular weight is 452 g/mol. The lowest BCUT2D eigenvalue weighted by atomic mass is 10.1. The first-order valence-corrected chi connectivity index (χ1v) is 10.7. The molecule has 0 amide bonds. The molecular weight excluding hydrogens is 434 g/mol. The number of hydrogen-bond acceptors (Lipinski definition) is 7. The minimum Gasteiger partial charge on any atom is -0.486 e. The monoisotopic (exact) mass is 451 g/mol. The minimum atomic E-state index is -0.316. The van der Waals surface area contributed by atoms with Gasteiger partial charge in [0.2, 0.25) is 0 Å². The van der Waals surface area contributed by atoms with Crippen LogP contribution in [0.15, 0.2) is 47.4 Å². The van der Waals surface area contributed by atoms with Crippen LogP contribution in [-0.2, 0) is 6.61 Å². The highest BCUT2D eigenvalue weighted by atomic mass is 35.5. The number of hydrogen-bond donors (Lipinski definition) is 2. The van der Waals surface area contributed by atoms with Crippen LogP contribution in [0.1, 0.15) is 34.8 Å². The Morgan fingerprint density at radius 1 is 1.35 bits per heavy atom. The second kappa shape index (κ2) is 8.76. The molecule has 0 spiro atoms. The molecule has 0 fully saturated rings. The second-order valence-electron chi connectivity index (χ2n) is 6.94. The van der Waals surface area contributed by atoms with Gasteiger partial charge in [-0.1, -0.05) is 29.0 Å². The third kappa shape index (κ3) is 4.53. The standard InChI is InChI=1S/C22H18ClN5O2S/c1-12(26-22-27-13(2)20(10-24)31-22)16-7-14-8-17(23)19(9-18(14)28-21(16)29)30-11-15-5-3-4-6-25-15/h3-9,12H,11H2,1-2H3,(H,26,27)(H,28,29). The number of pyridine rings is 2. The highest BCUT2D eigenvalue weighted by Crippen LogP contribution is 2.31. The molecule has 7 nitrogen and oxygen atoms in total. The summed E-state index contributed by atoms with van der Waals surface area (Å²) in [6.07, 6.45) is 1.70. The van der Waals surface area contributed by atoms with Gasteiger partial charge in [0.15, 0.2) is 5.13 Å². The molecule has 3 heterocycles. The third-order valence-electron chi connectivity index (χ3n) is 4.73. The Bertz CT molecular complexity index is 1340. The molecule has 1 atom stereocenters. The van der Waals surface area contributed by atoms with E-state index in [9.17, 15) is 4.79 Å². The summed E-state index contributed by atoms with van der Waals surface area (Å²) in [5.74, 6) is 0.469. The molecule has 0 bridgehead atoms. The van der Waals surface area contributed by atoms with E-state index in [2.05, 4.69) is 26.3 Å².